The van der Waals surface area contributed by atoms with Crippen LogP contribution in [-0.2, 0) is 4.74 Å². The Morgan fingerprint density at radius 1 is 1.09 bits per heavy atom. The largest absolute Gasteiger partial charge is 0.478 e. The zero-order valence-corrected chi connectivity index (χ0v) is 13.0. The Morgan fingerprint density at radius 3 is 2.35 bits per heavy atom. The molecule has 4 saturated carbocycles. The fourth-order valence-corrected chi connectivity index (χ4v) is 5.89. The maximum atomic E-state index is 12.6. The Bertz CT molecular complexity index is 714. The van der Waals surface area contributed by atoms with Gasteiger partial charge < -0.3 is 9.84 Å². The van der Waals surface area contributed by atoms with Crippen LogP contribution in [-0.4, -0.2) is 23.1 Å². The number of ether oxygens (including phenoxy) is 1. The van der Waals surface area contributed by atoms with E-state index in [4.69, 9.17) is 4.74 Å². The molecule has 120 valence electrons. The van der Waals surface area contributed by atoms with E-state index in [0.29, 0.717) is 16.7 Å². The van der Waals surface area contributed by atoms with E-state index < -0.39 is 11.9 Å². The van der Waals surface area contributed by atoms with E-state index >= 15 is 0 Å². The van der Waals surface area contributed by atoms with Gasteiger partial charge in [0, 0.05) is 5.92 Å². The molecule has 4 aliphatic carbocycles. The molecule has 4 fully saturated rings. The SMILES string of the molecule is O=C(O)c1ccccc1C(=O)O[C@H]1C[C@H]2CC3(CC3)[C@@H]1C21CC1. The standard InChI is InChI=1S/C19H20O4/c20-16(21)12-3-1-2-4-13(12)17(22)23-14-9-11-10-18(5-6-18)15(14)19(11)7-8-19/h1-4,11,14-15H,5-10H2,(H,20,21)/t11-,14-,15+/m0/s1. The predicted octanol–water partition coefficient (Wildman–Crippen LogP) is 3.51. The number of hydrogen-bond donors (Lipinski definition) is 1. The fraction of sp³-hybridized carbons (Fsp3) is 0.579. The van der Waals surface area contributed by atoms with Gasteiger partial charge in [0.25, 0.3) is 0 Å². The Kier molecular flexibility index (Phi) is 2.46. The highest BCUT2D eigenvalue weighted by atomic mass is 16.5. The van der Waals surface area contributed by atoms with Crippen molar-refractivity contribution in [2.45, 2.75) is 44.6 Å². The lowest BCUT2D eigenvalue weighted by Gasteiger charge is -2.30. The van der Waals surface area contributed by atoms with Crippen molar-refractivity contribution in [3.63, 3.8) is 0 Å². The van der Waals surface area contributed by atoms with Crippen molar-refractivity contribution in [2.75, 3.05) is 0 Å². The van der Waals surface area contributed by atoms with E-state index in [2.05, 4.69) is 0 Å². The highest BCUT2D eigenvalue weighted by Gasteiger charge is 2.76. The Balaban J connectivity index is 1.41. The van der Waals surface area contributed by atoms with Crippen molar-refractivity contribution in [3.8, 4) is 0 Å². The van der Waals surface area contributed by atoms with E-state index in [1.54, 1.807) is 18.2 Å². The predicted molar refractivity (Wildman–Crippen MR) is 82.2 cm³/mol. The van der Waals surface area contributed by atoms with Crippen molar-refractivity contribution < 1.29 is 19.4 Å². The lowest BCUT2D eigenvalue weighted by molar-refractivity contribution is -0.000697. The summed E-state index contributed by atoms with van der Waals surface area (Å²) in [6.45, 7) is 0. The Morgan fingerprint density at radius 2 is 1.78 bits per heavy atom. The van der Waals surface area contributed by atoms with Gasteiger partial charge in [0.05, 0.1) is 11.1 Å². The minimum Gasteiger partial charge on any atom is -0.478 e. The summed E-state index contributed by atoms with van der Waals surface area (Å²) in [5.41, 5.74) is 1.13. The Hall–Kier alpha value is -1.84. The first-order chi connectivity index (χ1) is 11.1. The molecular formula is C19H20O4. The maximum Gasteiger partial charge on any atom is 0.339 e. The van der Waals surface area contributed by atoms with Gasteiger partial charge >= 0.3 is 11.9 Å². The smallest absolute Gasteiger partial charge is 0.339 e. The summed E-state index contributed by atoms with van der Waals surface area (Å²) in [5.74, 6) is -0.293. The third-order valence-electron chi connectivity index (χ3n) is 6.99. The highest BCUT2D eigenvalue weighted by Crippen LogP contribution is 2.82. The summed E-state index contributed by atoms with van der Waals surface area (Å²) in [6, 6.07) is 6.34. The van der Waals surface area contributed by atoms with Crippen LogP contribution in [0.15, 0.2) is 24.3 Å². The molecule has 0 aliphatic heterocycles. The molecule has 0 aromatic heterocycles. The lowest BCUT2D eigenvalue weighted by atomic mass is 9.82. The van der Waals surface area contributed by atoms with Gasteiger partial charge in [0.15, 0.2) is 0 Å². The van der Waals surface area contributed by atoms with Gasteiger partial charge in [-0.3, -0.25) is 0 Å². The first-order valence-electron chi connectivity index (χ1n) is 8.59. The minimum absolute atomic E-state index is 0.00639. The number of carboxylic acids is 1. The van der Waals surface area contributed by atoms with Crippen LogP contribution in [0.4, 0.5) is 0 Å². The van der Waals surface area contributed by atoms with Crippen LogP contribution in [0.25, 0.3) is 0 Å². The highest BCUT2D eigenvalue weighted by molar-refractivity contribution is 6.02. The first kappa shape index (κ1) is 13.6. The molecule has 4 heteroatoms. The summed E-state index contributed by atoms with van der Waals surface area (Å²) in [6.07, 6.45) is 7.47. The second-order valence-corrected chi connectivity index (χ2v) is 8.00. The average Bonchev–Trinajstić information content (AvgIpc) is 3.42. The number of carbonyl (C=O) groups is 2. The van der Waals surface area contributed by atoms with Crippen molar-refractivity contribution >= 4 is 11.9 Å². The van der Waals surface area contributed by atoms with Gasteiger partial charge in [-0.05, 0) is 67.4 Å². The summed E-state index contributed by atoms with van der Waals surface area (Å²) >= 11 is 0. The first-order valence-corrected chi connectivity index (χ1v) is 8.59. The summed E-state index contributed by atoms with van der Waals surface area (Å²) in [7, 11) is 0. The van der Waals surface area contributed by atoms with Crippen LogP contribution in [0.2, 0.25) is 0 Å². The van der Waals surface area contributed by atoms with Crippen LogP contribution < -0.4 is 0 Å². The third-order valence-corrected chi connectivity index (χ3v) is 6.99. The van der Waals surface area contributed by atoms with E-state index in [1.807, 2.05) is 0 Å². The molecule has 0 saturated heterocycles. The van der Waals surface area contributed by atoms with Crippen molar-refractivity contribution in [2.24, 2.45) is 22.7 Å². The van der Waals surface area contributed by atoms with Crippen molar-refractivity contribution in [1.82, 2.24) is 0 Å². The topological polar surface area (TPSA) is 63.6 Å². The molecule has 4 nitrogen and oxygen atoms in total. The summed E-state index contributed by atoms with van der Waals surface area (Å²) in [4.78, 5) is 23.9. The second kappa shape index (κ2) is 4.16. The lowest BCUT2D eigenvalue weighted by Crippen LogP contribution is -2.32. The number of hydrogen-bond acceptors (Lipinski definition) is 3. The van der Waals surface area contributed by atoms with Crippen LogP contribution in [0, 0.1) is 22.7 Å². The molecule has 0 amide bonds. The number of fused-ring (bicyclic) bond motifs is 1. The molecule has 1 aromatic carbocycles. The summed E-state index contributed by atoms with van der Waals surface area (Å²) < 4.78 is 5.87. The molecule has 1 N–H and O–H groups in total. The molecule has 2 bridgehead atoms. The van der Waals surface area contributed by atoms with Gasteiger partial charge in [-0.25, -0.2) is 9.59 Å². The molecule has 5 rings (SSSR count). The van der Waals surface area contributed by atoms with E-state index in [0.717, 1.165) is 12.3 Å². The molecule has 23 heavy (non-hydrogen) atoms. The molecule has 0 heterocycles. The van der Waals surface area contributed by atoms with Crippen molar-refractivity contribution in [1.29, 1.82) is 0 Å². The zero-order chi connectivity index (χ0) is 15.8. The van der Waals surface area contributed by atoms with Crippen LogP contribution in [0.5, 0.6) is 0 Å². The van der Waals surface area contributed by atoms with Crippen molar-refractivity contribution in [3.05, 3.63) is 35.4 Å². The fourth-order valence-electron chi connectivity index (χ4n) is 5.89. The molecule has 3 atom stereocenters. The molecular weight excluding hydrogens is 292 g/mol. The van der Waals surface area contributed by atoms with E-state index in [9.17, 15) is 14.7 Å². The van der Waals surface area contributed by atoms with Gasteiger partial charge in [0.1, 0.15) is 6.10 Å². The number of rotatable bonds is 3. The molecule has 2 spiro atoms. The zero-order valence-electron chi connectivity index (χ0n) is 13.0. The number of aromatic carboxylic acids is 1. The van der Waals surface area contributed by atoms with Crippen LogP contribution >= 0.6 is 0 Å². The second-order valence-electron chi connectivity index (χ2n) is 8.00. The van der Waals surface area contributed by atoms with Gasteiger partial charge in [-0.2, -0.15) is 0 Å². The number of carboxylic acid groups (broad SMARTS) is 1. The minimum atomic E-state index is -1.08. The van der Waals surface area contributed by atoms with Gasteiger partial charge in [0.2, 0.25) is 0 Å². The number of benzene rings is 1. The summed E-state index contributed by atoms with van der Waals surface area (Å²) in [5, 5.41) is 9.26. The third kappa shape index (κ3) is 1.72. The van der Waals surface area contributed by atoms with Gasteiger partial charge in [-0.15, -0.1) is 0 Å². The molecule has 4 aliphatic rings. The molecule has 0 unspecified atom stereocenters. The number of carbonyl (C=O) groups excluding carboxylic acids is 1. The average molecular weight is 312 g/mol. The molecule has 1 aromatic rings. The normalized spacial score (nSPS) is 33.8. The quantitative estimate of drug-likeness (QED) is 0.868. The number of esters is 1. The Labute approximate surface area is 134 Å². The van der Waals surface area contributed by atoms with Crippen LogP contribution in [0.3, 0.4) is 0 Å². The van der Waals surface area contributed by atoms with Gasteiger partial charge in [-0.1, -0.05) is 12.1 Å². The maximum absolute atomic E-state index is 12.6. The van der Waals surface area contributed by atoms with E-state index in [1.165, 1.54) is 38.2 Å². The van der Waals surface area contributed by atoms with E-state index in [-0.39, 0.29) is 17.2 Å². The monoisotopic (exact) mass is 312 g/mol. The van der Waals surface area contributed by atoms with Crippen LogP contribution in [0.1, 0.15) is 59.2 Å². The molecule has 0 radical (unpaired) electrons.